The van der Waals surface area contributed by atoms with Gasteiger partial charge < -0.3 is 29.6 Å². The zero-order valence-corrected chi connectivity index (χ0v) is 12.0. The van der Waals surface area contributed by atoms with Crippen molar-refractivity contribution in [2.75, 3.05) is 27.4 Å². The number of nitrogens with zero attached hydrogens (tertiary/aromatic N) is 2. The van der Waals surface area contributed by atoms with E-state index in [9.17, 15) is 10.1 Å². The Morgan fingerprint density at radius 3 is 3.00 bits per heavy atom. The first-order valence-electron chi connectivity index (χ1n) is 6.71. The van der Waals surface area contributed by atoms with Crippen molar-refractivity contribution >= 4 is 5.82 Å². The summed E-state index contributed by atoms with van der Waals surface area (Å²) in [5, 5.41) is 14.1. The topological polar surface area (TPSA) is 95.8 Å². The predicted octanol–water partition coefficient (Wildman–Crippen LogP) is 0.760. The van der Waals surface area contributed by atoms with Crippen LogP contribution in [0.15, 0.2) is 18.3 Å². The summed E-state index contributed by atoms with van der Waals surface area (Å²) in [7, 11) is 3.45. The van der Waals surface area contributed by atoms with Gasteiger partial charge in [0.15, 0.2) is 0 Å². The minimum absolute atomic E-state index is 0.162. The molecule has 0 amide bonds. The van der Waals surface area contributed by atoms with Crippen molar-refractivity contribution in [1.82, 2.24) is 10.3 Å². The van der Waals surface area contributed by atoms with E-state index < -0.39 is 4.92 Å². The number of hydrogen-bond acceptors (Lipinski definition) is 7. The first-order chi connectivity index (χ1) is 10.2. The van der Waals surface area contributed by atoms with Crippen LogP contribution in [0.2, 0.25) is 0 Å². The van der Waals surface area contributed by atoms with Gasteiger partial charge >= 0.3 is 5.82 Å². The van der Waals surface area contributed by atoms with E-state index in [1.165, 1.54) is 6.20 Å². The van der Waals surface area contributed by atoms with Crippen molar-refractivity contribution in [3.63, 3.8) is 0 Å². The molecular weight excluding hydrogens is 278 g/mol. The van der Waals surface area contributed by atoms with Crippen molar-refractivity contribution in [3.05, 3.63) is 28.4 Å². The highest BCUT2D eigenvalue weighted by Gasteiger charge is 2.43. The molecule has 0 saturated heterocycles. The van der Waals surface area contributed by atoms with Crippen molar-refractivity contribution < 1.29 is 19.1 Å². The Hall–Kier alpha value is -1.77. The molecule has 1 N–H and O–H groups in total. The summed E-state index contributed by atoms with van der Waals surface area (Å²) in [6, 6.07) is 3.32. The number of nitro groups is 1. The summed E-state index contributed by atoms with van der Waals surface area (Å²) in [6.07, 6.45) is 1.70. The van der Waals surface area contributed by atoms with Crippen LogP contribution in [0.1, 0.15) is 6.42 Å². The monoisotopic (exact) mass is 297 g/mol. The number of hydrogen-bond donors (Lipinski definition) is 1. The van der Waals surface area contributed by atoms with E-state index in [-0.39, 0.29) is 29.8 Å². The number of rotatable bonds is 8. The van der Waals surface area contributed by atoms with Gasteiger partial charge in [0.25, 0.3) is 0 Å². The summed E-state index contributed by atoms with van der Waals surface area (Å²) in [6.45, 7) is 0.945. The molecule has 0 aromatic carbocycles. The SMILES string of the molecule is CNC1CC(Oc2cccnc2[N+](=O)[O-])C1OCCOC. The van der Waals surface area contributed by atoms with Crippen LogP contribution in [0.3, 0.4) is 0 Å². The molecule has 8 nitrogen and oxygen atoms in total. The summed E-state index contributed by atoms with van der Waals surface area (Å²) in [5.41, 5.74) is 0. The molecule has 0 bridgehead atoms. The van der Waals surface area contributed by atoms with Crippen molar-refractivity contribution in [2.24, 2.45) is 0 Å². The lowest BCUT2D eigenvalue weighted by atomic mass is 9.85. The van der Waals surface area contributed by atoms with E-state index in [0.717, 1.165) is 6.42 Å². The van der Waals surface area contributed by atoms with Gasteiger partial charge in [-0.1, -0.05) is 0 Å². The Kier molecular flexibility index (Phi) is 5.43. The van der Waals surface area contributed by atoms with Gasteiger partial charge in [-0.15, -0.1) is 0 Å². The number of nitrogens with one attached hydrogen (secondary N) is 1. The molecule has 1 heterocycles. The molecule has 2 rings (SSSR count). The van der Waals surface area contributed by atoms with Gasteiger partial charge in [-0.05, 0) is 29.1 Å². The van der Waals surface area contributed by atoms with Crippen LogP contribution in [-0.4, -0.2) is 55.5 Å². The van der Waals surface area contributed by atoms with E-state index in [0.29, 0.717) is 13.2 Å². The molecule has 0 aliphatic heterocycles. The average molecular weight is 297 g/mol. The largest absolute Gasteiger partial charge is 0.479 e. The normalized spacial score (nSPS) is 24.4. The first kappa shape index (κ1) is 15.6. The molecule has 116 valence electrons. The van der Waals surface area contributed by atoms with E-state index in [2.05, 4.69) is 10.3 Å². The molecule has 8 heteroatoms. The fourth-order valence-corrected chi connectivity index (χ4v) is 2.24. The van der Waals surface area contributed by atoms with Gasteiger partial charge in [0.2, 0.25) is 5.75 Å². The second kappa shape index (κ2) is 7.30. The third-order valence-electron chi connectivity index (χ3n) is 3.42. The highest BCUT2D eigenvalue weighted by atomic mass is 16.6. The van der Waals surface area contributed by atoms with Gasteiger partial charge in [0.05, 0.1) is 13.2 Å². The molecule has 0 radical (unpaired) electrons. The Morgan fingerprint density at radius 1 is 1.52 bits per heavy atom. The van der Waals surface area contributed by atoms with Crippen LogP contribution in [-0.2, 0) is 9.47 Å². The van der Waals surface area contributed by atoms with E-state index in [1.807, 2.05) is 7.05 Å². The molecule has 1 fully saturated rings. The van der Waals surface area contributed by atoms with E-state index in [4.69, 9.17) is 14.2 Å². The molecule has 0 spiro atoms. The maximum atomic E-state index is 10.9. The lowest BCUT2D eigenvalue weighted by Crippen LogP contribution is -2.60. The minimum Gasteiger partial charge on any atom is -0.479 e. The standard InChI is InChI=1S/C13H19N3O5/c1-14-9-8-11(12(9)20-7-6-19-2)21-10-4-3-5-15-13(10)16(17)18/h3-5,9,11-12,14H,6-8H2,1-2H3. The van der Waals surface area contributed by atoms with Gasteiger partial charge in [-0.2, -0.15) is 0 Å². The summed E-state index contributed by atoms with van der Waals surface area (Å²) >= 11 is 0. The number of ether oxygens (including phenoxy) is 3. The molecule has 1 aliphatic carbocycles. The number of likely N-dealkylation sites (N-methyl/N-ethyl adjacent to an activating group) is 1. The Balaban J connectivity index is 2.00. The van der Waals surface area contributed by atoms with Crippen LogP contribution in [0.4, 0.5) is 5.82 Å². The third-order valence-corrected chi connectivity index (χ3v) is 3.42. The molecule has 3 unspecified atom stereocenters. The molecular formula is C13H19N3O5. The predicted molar refractivity (Wildman–Crippen MR) is 74.4 cm³/mol. The summed E-state index contributed by atoms with van der Waals surface area (Å²) in [5.74, 6) is -0.108. The molecule has 1 aromatic heterocycles. The van der Waals surface area contributed by atoms with Gasteiger partial charge in [-0.3, -0.25) is 0 Å². The number of methoxy groups -OCH3 is 1. The minimum atomic E-state index is -0.551. The number of pyridine rings is 1. The van der Waals surface area contributed by atoms with Gasteiger partial charge in [0.1, 0.15) is 18.4 Å². The Labute approximate surface area is 122 Å². The van der Waals surface area contributed by atoms with Gasteiger partial charge in [0, 0.05) is 19.6 Å². The Bertz CT molecular complexity index is 485. The van der Waals surface area contributed by atoms with Crippen LogP contribution in [0.5, 0.6) is 5.75 Å². The highest BCUT2D eigenvalue weighted by molar-refractivity contribution is 5.39. The fraction of sp³-hybridized carbons (Fsp3) is 0.615. The van der Waals surface area contributed by atoms with Crippen LogP contribution < -0.4 is 10.1 Å². The van der Waals surface area contributed by atoms with Crippen molar-refractivity contribution in [2.45, 2.75) is 24.7 Å². The molecule has 3 atom stereocenters. The van der Waals surface area contributed by atoms with Crippen molar-refractivity contribution in [3.8, 4) is 5.75 Å². The van der Waals surface area contributed by atoms with Crippen LogP contribution in [0, 0.1) is 10.1 Å². The van der Waals surface area contributed by atoms with Crippen LogP contribution >= 0.6 is 0 Å². The smallest absolute Gasteiger partial charge is 0.406 e. The van der Waals surface area contributed by atoms with Gasteiger partial charge in [-0.25, -0.2) is 0 Å². The van der Waals surface area contributed by atoms with E-state index >= 15 is 0 Å². The van der Waals surface area contributed by atoms with Crippen molar-refractivity contribution in [1.29, 1.82) is 0 Å². The second-order valence-corrected chi connectivity index (χ2v) is 4.70. The molecule has 1 aromatic rings. The molecule has 1 saturated carbocycles. The first-order valence-corrected chi connectivity index (χ1v) is 6.71. The van der Waals surface area contributed by atoms with E-state index in [1.54, 1.807) is 19.2 Å². The zero-order valence-electron chi connectivity index (χ0n) is 12.0. The fourth-order valence-electron chi connectivity index (χ4n) is 2.24. The molecule has 1 aliphatic rings. The maximum absolute atomic E-state index is 10.9. The Morgan fingerprint density at radius 2 is 2.33 bits per heavy atom. The quantitative estimate of drug-likeness (QED) is 0.430. The lowest BCUT2D eigenvalue weighted by molar-refractivity contribution is -0.391. The average Bonchev–Trinajstić information content (AvgIpc) is 2.47. The summed E-state index contributed by atoms with van der Waals surface area (Å²) < 4.78 is 16.4. The number of aromatic nitrogens is 1. The maximum Gasteiger partial charge on any atom is 0.406 e. The van der Waals surface area contributed by atoms with Crippen LogP contribution in [0.25, 0.3) is 0 Å². The molecule has 21 heavy (non-hydrogen) atoms. The highest BCUT2D eigenvalue weighted by Crippen LogP contribution is 2.32. The second-order valence-electron chi connectivity index (χ2n) is 4.70. The summed E-state index contributed by atoms with van der Waals surface area (Å²) in [4.78, 5) is 14.1. The zero-order chi connectivity index (χ0) is 15.2. The third kappa shape index (κ3) is 3.66. The lowest BCUT2D eigenvalue weighted by Gasteiger charge is -2.43.